The SMILES string of the molecule is CCC(C)(C)C(C)(CC(C)(C)C)C(=O)OCCC(F)(F)C(F)(F)C(F)(F)C(F)(F)F. The largest absolute Gasteiger partial charge is 0.465 e. The maximum Gasteiger partial charge on any atom is 0.460 e. The third kappa shape index (κ3) is 5.55. The molecule has 0 saturated carbocycles. The third-order valence-corrected chi connectivity index (χ3v) is 5.57. The highest BCUT2D eigenvalue weighted by atomic mass is 19.4. The molecule has 1 atom stereocenters. The van der Waals surface area contributed by atoms with Gasteiger partial charge < -0.3 is 4.74 Å². The van der Waals surface area contributed by atoms with Crippen molar-refractivity contribution in [3.05, 3.63) is 0 Å². The Labute approximate surface area is 170 Å². The molecule has 180 valence electrons. The molecule has 1 unspecified atom stereocenters. The molecular formula is C19H29F9O2. The molecule has 0 amide bonds. The minimum Gasteiger partial charge on any atom is -0.465 e. The van der Waals surface area contributed by atoms with Crippen molar-refractivity contribution in [1.82, 2.24) is 0 Å². The van der Waals surface area contributed by atoms with Crippen LogP contribution in [0.5, 0.6) is 0 Å². The summed E-state index contributed by atoms with van der Waals surface area (Å²) >= 11 is 0. The predicted molar refractivity (Wildman–Crippen MR) is 92.7 cm³/mol. The lowest BCUT2D eigenvalue weighted by Gasteiger charge is -2.45. The van der Waals surface area contributed by atoms with Crippen molar-refractivity contribution < 1.29 is 49.0 Å². The Morgan fingerprint density at radius 2 is 1.20 bits per heavy atom. The smallest absolute Gasteiger partial charge is 0.460 e. The van der Waals surface area contributed by atoms with E-state index < -0.39 is 59.2 Å². The molecule has 30 heavy (non-hydrogen) atoms. The van der Waals surface area contributed by atoms with Crippen LogP contribution in [-0.4, -0.2) is 36.5 Å². The van der Waals surface area contributed by atoms with Crippen LogP contribution in [0.4, 0.5) is 39.5 Å². The van der Waals surface area contributed by atoms with Crippen LogP contribution in [0.1, 0.15) is 67.7 Å². The second-order valence-corrected chi connectivity index (χ2v) is 9.54. The average Bonchev–Trinajstić information content (AvgIpc) is 2.51. The van der Waals surface area contributed by atoms with Gasteiger partial charge >= 0.3 is 29.9 Å². The first-order valence-corrected chi connectivity index (χ1v) is 9.27. The number of hydrogen-bond donors (Lipinski definition) is 0. The van der Waals surface area contributed by atoms with Crippen molar-refractivity contribution >= 4 is 5.97 Å². The van der Waals surface area contributed by atoms with E-state index in [1.807, 2.05) is 0 Å². The van der Waals surface area contributed by atoms with E-state index in [2.05, 4.69) is 0 Å². The lowest BCUT2D eigenvalue weighted by atomic mass is 9.59. The molecule has 2 nitrogen and oxygen atoms in total. The molecule has 11 heteroatoms. The highest BCUT2D eigenvalue weighted by Crippen LogP contribution is 2.54. The molecule has 0 fully saturated rings. The Morgan fingerprint density at radius 3 is 1.53 bits per heavy atom. The van der Waals surface area contributed by atoms with E-state index in [0.717, 1.165) is 0 Å². The Kier molecular flexibility index (Phi) is 8.08. The van der Waals surface area contributed by atoms with E-state index in [1.54, 1.807) is 41.5 Å². The topological polar surface area (TPSA) is 26.3 Å². The maximum atomic E-state index is 13.6. The van der Waals surface area contributed by atoms with Gasteiger partial charge in [0, 0.05) is 0 Å². The molecule has 0 N–H and O–H groups in total. The van der Waals surface area contributed by atoms with Gasteiger partial charge in [-0.15, -0.1) is 0 Å². The number of ether oxygens (including phenoxy) is 1. The van der Waals surface area contributed by atoms with Gasteiger partial charge in [0.1, 0.15) is 0 Å². The van der Waals surface area contributed by atoms with E-state index in [4.69, 9.17) is 4.74 Å². The molecule has 0 aliphatic carbocycles. The first-order valence-electron chi connectivity index (χ1n) is 9.27. The van der Waals surface area contributed by atoms with Crippen LogP contribution >= 0.6 is 0 Å². The summed E-state index contributed by atoms with van der Waals surface area (Å²) < 4.78 is 121. The van der Waals surface area contributed by atoms with E-state index in [-0.39, 0.29) is 6.42 Å². The van der Waals surface area contributed by atoms with E-state index in [9.17, 15) is 44.3 Å². The van der Waals surface area contributed by atoms with Gasteiger partial charge in [0.25, 0.3) is 0 Å². The molecular weight excluding hydrogens is 431 g/mol. The van der Waals surface area contributed by atoms with Crippen LogP contribution in [0.15, 0.2) is 0 Å². The van der Waals surface area contributed by atoms with Gasteiger partial charge in [-0.3, -0.25) is 4.79 Å². The Morgan fingerprint density at radius 1 is 0.767 bits per heavy atom. The lowest BCUT2D eigenvalue weighted by Crippen LogP contribution is -2.61. The first kappa shape index (κ1) is 28.8. The first-order chi connectivity index (χ1) is 12.9. The zero-order valence-corrected chi connectivity index (χ0v) is 18.0. The number of alkyl halides is 9. The molecule has 0 heterocycles. The van der Waals surface area contributed by atoms with Gasteiger partial charge in [-0.1, -0.05) is 41.5 Å². The zero-order chi connectivity index (χ0) is 24.6. The molecule has 0 aromatic heterocycles. The summed E-state index contributed by atoms with van der Waals surface area (Å²) in [5.41, 5.74) is -2.40. The summed E-state index contributed by atoms with van der Waals surface area (Å²) in [6.45, 7) is 10.7. The molecule has 0 aromatic carbocycles. The third-order valence-electron chi connectivity index (χ3n) is 5.57. The number of hydrogen-bond acceptors (Lipinski definition) is 2. The van der Waals surface area contributed by atoms with Crippen molar-refractivity contribution in [3.63, 3.8) is 0 Å². The van der Waals surface area contributed by atoms with Gasteiger partial charge in [0.05, 0.1) is 18.4 Å². The summed E-state index contributed by atoms with van der Waals surface area (Å²) in [6, 6.07) is 0. The summed E-state index contributed by atoms with van der Waals surface area (Å²) in [4.78, 5) is 12.7. The maximum absolute atomic E-state index is 13.6. The minimum absolute atomic E-state index is 0.221. The van der Waals surface area contributed by atoms with Crippen molar-refractivity contribution in [2.75, 3.05) is 6.61 Å². The molecule has 0 radical (unpaired) electrons. The van der Waals surface area contributed by atoms with E-state index in [1.165, 1.54) is 6.92 Å². The second-order valence-electron chi connectivity index (χ2n) is 9.54. The highest BCUT2D eigenvalue weighted by Gasteiger charge is 2.81. The number of halogens is 9. The van der Waals surface area contributed by atoms with Crippen LogP contribution < -0.4 is 0 Å². The molecule has 0 saturated heterocycles. The standard InChI is InChI=1S/C19H29F9O2/c1-8-14(5,6)15(7,11-13(2,3)4)12(29)30-10-9-16(20,21)17(22,23)18(24,25)19(26,27)28/h8-11H2,1-7H3. The van der Waals surface area contributed by atoms with Gasteiger partial charge in [-0.25, -0.2) is 0 Å². The minimum atomic E-state index is -6.96. The number of carbonyl (C=O) groups excluding carboxylic acids is 1. The fourth-order valence-corrected chi connectivity index (χ4v) is 3.03. The monoisotopic (exact) mass is 460 g/mol. The van der Waals surface area contributed by atoms with Crippen LogP contribution in [0.3, 0.4) is 0 Å². The van der Waals surface area contributed by atoms with Gasteiger partial charge in [-0.05, 0) is 30.6 Å². The molecule has 0 spiro atoms. The lowest BCUT2D eigenvalue weighted by molar-refractivity contribution is -0.397. The molecule has 0 bridgehead atoms. The van der Waals surface area contributed by atoms with Gasteiger partial charge in [-0.2, -0.15) is 39.5 Å². The van der Waals surface area contributed by atoms with Crippen molar-refractivity contribution in [2.45, 2.75) is 91.7 Å². The average molecular weight is 460 g/mol. The van der Waals surface area contributed by atoms with Gasteiger partial charge in [0.15, 0.2) is 0 Å². The normalized spacial score (nSPS) is 16.9. The van der Waals surface area contributed by atoms with E-state index >= 15 is 0 Å². The van der Waals surface area contributed by atoms with Crippen LogP contribution in [0.25, 0.3) is 0 Å². The summed E-state index contributed by atoms with van der Waals surface area (Å²) in [5, 5.41) is 0. The molecule has 0 aliphatic rings. The van der Waals surface area contributed by atoms with Crippen molar-refractivity contribution in [2.24, 2.45) is 16.2 Å². The zero-order valence-electron chi connectivity index (χ0n) is 18.0. The van der Waals surface area contributed by atoms with Crippen molar-refractivity contribution in [1.29, 1.82) is 0 Å². The summed E-state index contributed by atoms with van der Waals surface area (Å²) in [6.07, 6.45) is -8.40. The Hall–Kier alpha value is -1.16. The Balaban J connectivity index is 5.55. The molecule has 0 aliphatic heterocycles. The predicted octanol–water partition coefficient (Wildman–Crippen LogP) is 7.27. The molecule has 0 aromatic rings. The number of carbonyl (C=O) groups is 1. The highest BCUT2D eigenvalue weighted by molar-refractivity contribution is 5.77. The molecule has 0 rings (SSSR count). The summed E-state index contributed by atoms with van der Waals surface area (Å²) in [5.74, 6) is -20.5. The van der Waals surface area contributed by atoms with Crippen LogP contribution in [-0.2, 0) is 9.53 Å². The van der Waals surface area contributed by atoms with Crippen LogP contribution in [0, 0.1) is 16.2 Å². The fourth-order valence-electron chi connectivity index (χ4n) is 3.03. The van der Waals surface area contributed by atoms with Gasteiger partial charge in [0.2, 0.25) is 0 Å². The van der Waals surface area contributed by atoms with Crippen LogP contribution in [0.2, 0.25) is 0 Å². The quantitative estimate of drug-likeness (QED) is 0.267. The second kappa shape index (κ2) is 8.41. The fraction of sp³-hybridized carbons (Fsp3) is 0.947. The number of rotatable bonds is 9. The van der Waals surface area contributed by atoms with Crippen molar-refractivity contribution in [3.8, 4) is 0 Å². The Bertz CT molecular complexity index is 604. The number of esters is 1. The van der Waals surface area contributed by atoms with E-state index in [0.29, 0.717) is 6.42 Å². The summed E-state index contributed by atoms with van der Waals surface area (Å²) in [7, 11) is 0.